The molecule has 0 aliphatic carbocycles. The van der Waals surface area contributed by atoms with Crippen LogP contribution in [0.25, 0.3) is 0 Å². The first-order chi connectivity index (χ1) is 13.7. The first kappa shape index (κ1) is 21.4. The van der Waals surface area contributed by atoms with Crippen molar-refractivity contribution >= 4 is 73.8 Å². The summed E-state index contributed by atoms with van der Waals surface area (Å²) in [5.74, 6) is -0.781. The molecule has 3 N–H and O–H groups in total. The van der Waals surface area contributed by atoms with Gasteiger partial charge in [0.25, 0.3) is 10.0 Å². The highest BCUT2D eigenvalue weighted by atomic mass is 35.5. The Morgan fingerprint density at radius 2 is 1.83 bits per heavy atom. The highest BCUT2D eigenvalue weighted by molar-refractivity contribution is 7.93. The molecule has 13 heteroatoms. The second-order valence-corrected chi connectivity index (χ2v) is 9.81. The highest BCUT2D eigenvalue weighted by Crippen LogP contribution is 2.35. The lowest BCUT2D eigenvalue weighted by Crippen LogP contribution is -2.33. The Kier molecular flexibility index (Phi) is 6.32. The molecule has 0 radical (unpaired) electrons. The molecular weight excluding hydrogens is 463 g/mol. The number of hydrogen-bond donors (Lipinski definition) is 3. The Bertz CT molecular complexity index is 1050. The lowest BCUT2D eigenvalue weighted by Gasteiger charge is -2.12. The number of rotatable bonds is 7. The highest BCUT2D eigenvalue weighted by Gasteiger charge is 2.28. The molecule has 3 rings (SSSR count). The summed E-state index contributed by atoms with van der Waals surface area (Å²) < 4.78 is 27.4. The van der Waals surface area contributed by atoms with Crippen molar-refractivity contribution in [3.63, 3.8) is 0 Å². The number of benzene rings is 1. The average molecular weight is 477 g/mol. The smallest absolute Gasteiger partial charge is 0.324 e. The average Bonchev–Trinajstić information content (AvgIpc) is 3.16. The molecule has 1 saturated heterocycles. The number of carbonyl (C=O) groups is 3. The van der Waals surface area contributed by atoms with Gasteiger partial charge in [-0.05, 0) is 30.3 Å². The second-order valence-electron chi connectivity index (χ2n) is 5.87. The first-order valence-corrected chi connectivity index (χ1v) is 11.2. The monoisotopic (exact) mass is 476 g/mol. The van der Waals surface area contributed by atoms with Gasteiger partial charge in [-0.3, -0.25) is 19.2 Å². The summed E-state index contributed by atoms with van der Waals surface area (Å²) in [4.78, 5) is 35.8. The standard InChI is InChI=1S/C16H14Cl2N4O5S2/c17-12-7-11(15(18)28-12)29(26,27)21-10-3-1-9(2-4-10)20-13(23)5-6-22-14(24)8-19-16(22)25/h1-4,7,21H,5-6,8H2,(H,19,25)(H,20,23). The molecule has 4 amide bonds. The van der Waals surface area contributed by atoms with E-state index in [1.807, 2.05) is 0 Å². The topological polar surface area (TPSA) is 125 Å². The van der Waals surface area contributed by atoms with Crippen LogP contribution in [0, 0.1) is 0 Å². The SMILES string of the molecule is O=C(CCN1C(=O)CNC1=O)Nc1ccc(NS(=O)(=O)c2cc(Cl)sc2Cl)cc1. The number of nitrogens with one attached hydrogen (secondary N) is 3. The molecular formula is C16H14Cl2N4O5S2. The van der Waals surface area contributed by atoms with Crippen LogP contribution in [0.1, 0.15) is 6.42 Å². The van der Waals surface area contributed by atoms with Crippen molar-refractivity contribution in [2.24, 2.45) is 0 Å². The van der Waals surface area contributed by atoms with Gasteiger partial charge in [0.1, 0.15) is 9.23 Å². The second kappa shape index (κ2) is 8.57. The minimum absolute atomic E-state index is 0.0294. The van der Waals surface area contributed by atoms with Crippen molar-refractivity contribution in [3.05, 3.63) is 39.0 Å². The maximum Gasteiger partial charge on any atom is 0.324 e. The molecule has 9 nitrogen and oxygen atoms in total. The molecule has 0 spiro atoms. The molecule has 1 aliphatic heterocycles. The van der Waals surface area contributed by atoms with Crippen LogP contribution in [-0.4, -0.2) is 44.3 Å². The van der Waals surface area contributed by atoms with E-state index < -0.39 is 22.0 Å². The van der Waals surface area contributed by atoms with E-state index in [0.717, 1.165) is 16.2 Å². The lowest BCUT2D eigenvalue weighted by atomic mass is 10.2. The van der Waals surface area contributed by atoms with Gasteiger partial charge in [0.2, 0.25) is 11.8 Å². The zero-order valence-electron chi connectivity index (χ0n) is 14.6. The molecule has 1 aliphatic rings. The fraction of sp³-hybridized carbons (Fsp3) is 0.188. The Hall–Kier alpha value is -2.34. The van der Waals surface area contributed by atoms with Crippen molar-refractivity contribution in [1.82, 2.24) is 10.2 Å². The molecule has 154 valence electrons. The van der Waals surface area contributed by atoms with Crippen LogP contribution in [0.4, 0.5) is 16.2 Å². The third-order valence-electron chi connectivity index (χ3n) is 3.84. The Morgan fingerprint density at radius 1 is 1.17 bits per heavy atom. The molecule has 2 heterocycles. The van der Waals surface area contributed by atoms with Gasteiger partial charge >= 0.3 is 6.03 Å². The van der Waals surface area contributed by atoms with Gasteiger partial charge in [-0.2, -0.15) is 0 Å². The van der Waals surface area contributed by atoms with Crippen molar-refractivity contribution in [2.45, 2.75) is 11.3 Å². The maximum absolute atomic E-state index is 12.4. The van der Waals surface area contributed by atoms with Crippen molar-refractivity contribution in [1.29, 1.82) is 0 Å². The summed E-state index contributed by atoms with van der Waals surface area (Å²) in [5.41, 5.74) is 0.687. The van der Waals surface area contributed by atoms with Gasteiger partial charge < -0.3 is 10.6 Å². The number of hydrogen-bond acceptors (Lipinski definition) is 6. The minimum atomic E-state index is -3.91. The number of thiophene rings is 1. The summed E-state index contributed by atoms with van der Waals surface area (Å²) in [6.07, 6.45) is -0.0645. The molecule has 1 aromatic carbocycles. The summed E-state index contributed by atoms with van der Waals surface area (Å²) in [7, 11) is -3.91. The van der Waals surface area contributed by atoms with Crippen LogP contribution in [-0.2, 0) is 19.6 Å². The van der Waals surface area contributed by atoms with Gasteiger partial charge in [-0.15, -0.1) is 11.3 Å². The summed E-state index contributed by atoms with van der Waals surface area (Å²) >= 11 is 12.6. The maximum atomic E-state index is 12.4. The number of halogens is 2. The molecule has 0 atom stereocenters. The predicted octanol–water partition coefficient (Wildman–Crippen LogP) is 2.74. The number of anilines is 2. The number of urea groups is 1. The Labute approximate surface area is 180 Å². The zero-order chi connectivity index (χ0) is 21.2. The van der Waals surface area contributed by atoms with E-state index in [-0.39, 0.29) is 44.7 Å². The third-order valence-corrected chi connectivity index (χ3v) is 6.97. The number of imide groups is 1. The minimum Gasteiger partial charge on any atom is -0.329 e. The molecule has 2 aromatic rings. The third kappa shape index (κ3) is 5.18. The van der Waals surface area contributed by atoms with Gasteiger partial charge in [0.05, 0.1) is 10.9 Å². The van der Waals surface area contributed by atoms with Crippen LogP contribution < -0.4 is 15.4 Å². The van der Waals surface area contributed by atoms with Crippen LogP contribution in [0.2, 0.25) is 8.67 Å². The first-order valence-electron chi connectivity index (χ1n) is 8.11. The summed E-state index contributed by atoms with van der Waals surface area (Å²) in [6.45, 7) is -0.0982. The number of sulfonamides is 1. The van der Waals surface area contributed by atoms with Crippen LogP contribution in [0.5, 0.6) is 0 Å². The van der Waals surface area contributed by atoms with Gasteiger partial charge in [0.15, 0.2) is 0 Å². The molecule has 0 unspecified atom stereocenters. The van der Waals surface area contributed by atoms with E-state index >= 15 is 0 Å². The predicted molar refractivity (Wildman–Crippen MR) is 110 cm³/mol. The molecule has 29 heavy (non-hydrogen) atoms. The largest absolute Gasteiger partial charge is 0.329 e. The molecule has 0 saturated carbocycles. The van der Waals surface area contributed by atoms with Crippen molar-refractivity contribution in [2.75, 3.05) is 23.1 Å². The van der Waals surface area contributed by atoms with Crippen molar-refractivity contribution in [3.8, 4) is 0 Å². The van der Waals surface area contributed by atoms with E-state index in [2.05, 4.69) is 15.4 Å². The normalized spacial score (nSPS) is 14.1. The fourth-order valence-corrected chi connectivity index (χ4v) is 5.67. The van der Waals surface area contributed by atoms with Gasteiger partial charge in [0, 0.05) is 24.3 Å². The summed E-state index contributed by atoms with van der Waals surface area (Å²) in [6, 6.07) is 6.68. The fourth-order valence-electron chi connectivity index (χ4n) is 2.46. The van der Waals surface area contributed by atoms with Crippen LogP contribution in [0.3, 0.4) is 0 Å². The van der Waals surface area contributed by atoms with E-state index in [4.69, 9.17) is 23.2 Å². The van der Waals surface area contributed by atoms with E-state index in [0.29, 0.717) is 5.69 Å². The quantitative estimate of drug-likeness (QED) is 0.529. The number of amides is 4. The van der Waals surface area contributed by atoms with E-state index in [1.165, 1.54) is 30.3 Å². The van der Waals surface area contributed by atoms with E-state index in [9.17, 15) is 22.8 Å². The Balaban J connectivity index is 1.57. The van der Waals surface area contributed by atoms with Crippen molar-refractivity contribution < 1.29 is 22.8 Å². The molecule has 1 fully saturated rings. The van der Waals surface area contributed by atoms with Gasteiger partial charge in [-0.25, -0.2) is 13.2 Å². The van der Waals surface area contributed by atoms with Crippen LogP contribution in [0.15, 0.2) is 35.2 Å². The zero-order valence-corrected chi connectivity index (χ0v) is 17.7. The number of nitrogens with zero attached hydrogens (tertiary/aromatic N) is 1. The number of carbonyl (C=O) groups excluding carboxylic acids is 3. The lowest BCUT2D eigenvalue weighted by molar-refractivity contribution is -0.125. The molecule has 1 aromatic heterocycles. The van der Waals surface area contributed by atoms with E-state index in [1.54, 1.807) is 0 Å². The summed E-state index contributed by atoms with van der Waals surface area (Å²) in [5, 5.41) is 4.98. The molecule has 0 bridgehead atoms. The van der Waals surface area contributed by atoms with Gasteiger partial charge in [-0.1, -0.05) is 23.2 Å². The van der Waals surface area contributed by atoms with Crippen LogP contribution >= 0.6 is 34.5 Å². The Morgan fingerprint density at radius 3 is 2.38 bits per heavy atom.